The van der Waals surface area contributed by atoms with Gasteiger partial charge in [-0.05, 0) is 36.1 Å². The van der Waals surface area contributed by atoms with Crippen LogP contribution in [0.25, 0.3) is 0 Å². The minimum absolute atomic E-state index is 0.00504. The Labute approximate surface area is 211 Å². The van der Waals surface area contributed by atoms with Crippen LogP contribution in [0, 0.1) is 11.7 Å². The molecule has 0 spiro atoms. The lowest BCUT2D eigenvalue weighted by Gasteiger charge is -2.56. The van der Waals surface area contributed by atoms with Gasteiger partial charge in [0.2, 0.25) is 11.8 Å². The fourth-order valence-electron chi connectivity index (χ4n) is 5.08. The minimum atomic E-state index is -0.659. The molecule has 2 aromatic carbocycles. The van der Waals surface area contributed by atoms with Crippen molar-refractivity contribution in [2.75, 3.05) is 20.1 Å². The number of nitrogens with zero attached hydrogens (tertiary/aromatic N) is 4. The van der Waals surface area contributed by atoms with Crippen LogP contribution < -0.4 is 5.32 Å². The number of hydrogen-bond donors (Lipinski definition) is 1. The highest BCUT2D eigenvalue weighted by Gasteiger charge is 2.52. The molecule has 2 fully saturated rings. The van der Waals surface area contributed by atoms with Gasteiger partial charge in [0.05, 0.1) is 19.1 Å². The molecule has 0 aliphatic carbocycles. The number of halogens is 1. The molecule has 2 heterocycles. The van der Waals surface area contributed by atoms with Crippen molar-refractivity contribution in [2.45, 2.75) is 52.0 Å². The minimum Gasteiger partial charge on any atom is -0.333 e. The molecule has 0 bridgehead atoms. The monoisotopic (exact) mass is 495 g/mol. The van der Waals surface area contributed by atoms with Gasteiger partial charge in [-0.1, -0.05) is 62.7 Å². The number of urea groups is 1. The summed E-state index contributed by atoms with van der Waals surface area (Å²) in [6.45, 7) is 6.35. The number of hydrazine groups is 1. The zero-order chi connectivity index (χ0) is 26.0. The summed E-state index contributed by atoms with van der Waals surface area (Å²) in [6.07, 6.45) is 0.0694. The molecule has 192 valence electrons. The van der Waals surface area contributed by atoms with E-state index in [2.05, 4.69) is 5.32 Å². The summed E-state index contributed by atoms with van der Waals surface area (Å²) in [4.78, 5) is 43.9. The van der Waals surface area contributed by atoms with Gasteiger partial charge in [0.15, 0.2) is 0 Å². The maximum absolute atomic E-state index is 13.8. The Morgan fingerprint density at radius 2 is 1.75 bits per heavy atom. The summed E-state index contributed by atoms with van der Waals surface area (Å²) in [6, 6.07) is 14.4. The Hall–Kier alpha value is -3.46. The van der Waals surface area contributed by atoms with Crippen molar-refractivity contribution in [3.8, 4) is 0 Å². The summed E-state index contributed by atoms with van der Waals surface area (Å²) in [5.74, 6) is -0.690. The molecule has 1 unspecified atom stereocenters. The van der Waals surface area contributed by atoms with Crippen LogP contribution in [0.4, 0.5) is 9.18 Å². The highest BCUT2D eigenvalue weighted by atomic mass is 19.1. The Kier molecular flexibility index (Phi) is 7.59. The van der Waals surface area contributed by atoms with Gasteiger partial charge in [-0.3, -0.25) is 9.59 Å². The van der Waals surface area contributed by atoms with E-state index in [1.165, 1.54) is 17.1 Å². The lowest BCUT2D eigenvalue weighted by molar-refractivity contribution is -0.192. The second kappa shape index (κ2) is 10.7. The van der Waals surface area contributed by atoms with Gasteiger partial charge >= 0.3 is 6.03 Å². The smallest absolute Gasteiger partial charge is 0.333 e. The third kappa shape index (κ3) is 4.93. The predicted octanol–water partition coefficient (Wildman–Crippen LogP) is 3.37. The number of rotatable bonds is 6. The number of hydrogen-bond acceptors (Lipinski definition) is 4. The molecular weight excluding hydrogens is 461 g/mol. The second-order valence-electron chi connectivity index (χ2n) is 9.63. The summed E-state index contributed by atoms with van der Waals surface area (Å²) < 4.78 is 13.3. The highest BCUT2D eigenvalue weighted by molar-refractivity contribution is 5.92. The van der Waals surface area contributed by atoms with E-state index in [4.69, 9.17) is 0 Å². The summed E-state index contributed by atoms with van der Waals surface area (Å²) >= 11 is 0. The molecule has 1 N–H and O–H groups in total. The standard InChI is InChI=1S/C27H34FN5O3/c1-5-18(2)25-26(35)31(19(3)21-9-7-6-8-10-21)16-23-32(25)24(34)17-30(4)33(23)27(36)29-15-20-11-13-22(28)14-12-20/h6-14,18-19,23,25H,5,15-17H2,1-4H3,(H,29,36)/t18?,19-,23+,25+/m1/s1. The van der Waals surface area contributed by atoms with Gasteiger partial charge in [-0.15, -0.1) is 0 Å². The van der Waals surface area contributed by atoms with Crippen molar-refractivity contribution in [3.05, 3.63) is 71.5 Å². The first-order valence-electron chi connectivity index (χ1n) is 12.4. The molecule has 8 nitrogen and oxygen atoms in total. The Morgan fingerprint density at radius 3 is 2.39 bits per heavy atom. The van der Waals surface area contributed by atoms with Crippen LogP contribution in [-0.2, 0) is 16.1 Å². The Morgan fingerprint density at radius 1 is 1.08 bits per heavy atom. The van der Waals surface area contributed by atoms with Crippen molar-refractivity contribution in [1.29, 1.82) is 0 Å². The van der Waals surface area contributed by atoms with Crippen LogP contribution in [-0.4, -0.2) is 70.0 Å². The average molecular weight is 496 g/mol. The number of carbonyl (C=O) groups excluding carboxylic acids is 3. The summed E-state index contributed by atoms with van der Waals surface area (Å²) in [7, 11) is 1.70. The fraction of sp³-hybridized carbons (Fsp3) is 0.444. The van der Waals surface area contributed by atoms with Gasteiger partial charge in [0.1, 0.15) is 18.0 Å². The molecule has 9 heteroatoms. The third-order valence-corrected chi connectivity index (χ3v) is 7.32. The largest absolute Gasteiger partial charge is 0.334 e. The predicted molar refractivity (Wildman–Crippen MR) is 134 cm³/mol. The van der Waals surface area contributed by atoms with Crippen LogP contribution in [0.5, 0.6) is 0 Å². The average Bonchev–Trinajstić information content (AvgIpc) is 2.88. The molecule has 4 amide bonds. The molecule has 2 saturated heterocycles. The Balaban J connectivity index is 1.64. The van der Waals surface area contributed by atoms with Crippen LogP contribution in [0.2, 0.25) is 0 Å². The van der Waals surface area contributed by atoms with Crippen LogP contribution in [0.15, 0.2) is 54.6 Å². The molecule has 4 rings (SSSR count). The van der Waals surface area contributed by atoms with Crippen molar-refractivity contribution < 1.29 is 18.8 Å². The number of nitrogens with one attached hydrogen (secondary N) is 1. The van der Waals surface area contributed by atoms with Crippen molar-refractivity contribution in [1.82, 2.24) is 25.1 Å². The zero-order valence-electron chi connectivity index (χ0n) is 21.2. The first-order valence-corrected chi connectivity index (χ1v) is 12.4. The Bertz CT molecular complexity index is 1100. The maximum Gasteiger partial charge on any atom is 0.334 e. The molecule has 0 saturated carbocycles. The molecule has 2 aliphatic rings. The van der Waals surface area contributed by atoms with Crippen molar-refractivity contribution in [2.24, 2.45) is 5.92 Å². The van der Waals surface area contributed by atoms with Crippen LogP contribution in [0.3, 0.4) is 0 Å². The van der Waals surface area contributed by atoms with Crippen LogP contribution >= 0.6 is 0 Å². The van der Waals surface area contributed by atoms with E-state index < -0.39 is 12.2 Å². The first-order chi connectivity index (χ1) is 17.2. The van der Waals surface area contributed by atoms with E-state index in [0.29, 0.717) is 6.42 Å². The molecule has 0 aromatic heterocycles. The molecule has 0 radical (unpaired) electrons. The van der Waals surface area contributed by atoms with Gasteiger partial charge in [-0.25, -0.2) is 19.2 Å². The quantitative estimate of drug-likeness (QED) is 0.667. The number of amides is 4. The molecule has 2 aliphatic heterocycles. The fourth-order valence-corrected chi connectivity index (χ4v) is 5.08. The number of piperazine rings is 1. The van der Waals surface area contributed by atoms with E-state index in [9.17, 15) is 18.8 Å². The topological polar surface area (TPSA) is 76.2 Å². The van der Waals surface area contributed by atoms with Crippen molar-refractivity contribution in [3.63, 3.8) is 0 Å². The third-order valence-electron chi connectivity index (χ3n) is 7.32. The zero-order valence-corrected chi connectivity index (χ0v) is 21.2. The van der Waals surface area contributed by atoms with Crippen LogP contribution in [0.1, 0.15) is 44.4 Å². The van der Waals surface area contributed by atoms with E-state index in [-0.39, 0.29) is 55.3 Å². The molecule has 2 aromatic rings. The summed E-state index contributed by atoms with van der Waals surface area (Å²) in [5.41, 5.74) is 1.75. The highest BCUT2D eigenvalue weighted by Crippen LogP contribution is 2.34. The van der Waals surface area contributed by atoms with Gasteiger partial charge in [0.25, 0.3) is 0 Å². The molecule has 36 heavy (non-hydrogen) atoms. The number of carbonyl (C=O) groups is 3. The molecular formula is C27H34FN5O3. The van der Waals surface area contributed by atoms with E-state index in [0.717, 1.165) is 11.1 Å². The van der Waals surface area contributed by atoms with Gasteiger partial charge in [-0.2, -0.15) is 0 Å². The van der Waals surface area contributed by atoms with Gasteiger partial charge in [0, 0.05) is 13.6 Å². The SMILES string of the molecule is CCC(C)[C@H]1C(=O)N([C@H](C)c2ccccc2)C[C@H]2N1C(=O)CN(C)N2C(=O)NCc1ccc(F)cc1. The van der Waals surface area contributed by atoms with Crippen molar-refractivity contribution >= 4 is 17.8 Å². The normalized spacial score (nSPS) is 22.3. The van der Waals surface area contributed by atoms with E-state index in [1.807, 2.05) is 51.1 Å². The second-order valence-corrected chi connectivity index (χ2v) is 9.63. The molecule has 4 atom stereocenters. The number of benzene rings is 2. The van der Waals surface area contributed by atoms with E-state index >= 15 is 0 Å². The van der Waals surface area contributed by atoms with Gasteiger partial charge < -0.3 is 15.1 Å². The number of likely N-dealkylation sites (N-methyl/N-ethyl adjacent to an activating group) is 1. The first kappa shape index (κ1) is 25.6. The lowest BCUT2D eigenvalue weighted by Crippen LogP contribution is -2.76. The summed E-state index contributed by atoms with van der Waals surface area (Å²) in [5, 5.41) is 6.04. The number of fused-ring (bicyclic) bond motifs is 1. The van der Waals surface area contributed by atoms with E-state index in [1.54, 1.807) is 34.0 Å². The maximum atomic E-state index is 13.8. The lowest BCUT2D eigenvalue weighted by atomic mass is 9.91.